The highest BCUT2D eigenvalue weighted by molar-refractivity contribution is 7.89. The molecule has 6 nitrogen and oxygen atoms in total. The smallest absolute Gasteiger partial charge is 0.260 e. The molecule has 0 radical (unpaired) electrons. The lowest BCUT2D eigenvalue weighted by atomic mass is 10.0. The SMILES string of the molecule is CCN(C1CCCC1CN)S(=O)(=O)c1ccnn1C. The molecule has 0 spiro atoms. The molecule has 0 bridgehead atoms. The van der Waals surface area contributed by atoms with Gasteiger partial charge in [-0.05, 0) is 31.4 Å². The Morgan fingerprint density at radius 2 is 2.26 bits per heavy atom. The van der Waals surface area contributed by atoms with Crippen LogP contribution in [0.5, 0.6) is 0 Å². The van der Waals surface area contributed by atoms with Crippen molar-refractivity contribution in [3.63, 3.8) is 0 Å². The molecule has 2 unspecified atom stereocenters. The van der Waals surface area contributed by atoms with Crippen molar-refractivity contribution in [2.45, 2.75) is 37.3 Å². The van der Waals surface area contributed by atoms with Crippen LogP contribution in [-0.2, 0) is 17.1 Å². The minimum Gasteiger partial charge on any atom is -0.330 e. The summed E-state index contributed by atoms with van der Waals surface area (Å²) in [4.78, 5) is 0. The van der Waals surface area contributed by atoms with Crippen LogP contribution in [0.1, 0.15) is 26.2 Å². The Hall–Kier alpha value is -0.920. The molecule has 1 aliphatic rings. The second-order valence-corrected chi connectivity index (χ2v) is 6.83. The van der Waals surface area contributed by atoms with Gasteiger partial charge in [0.25, 0.3) is 10.0 Å². The van der Waals surface area contributed by atoms with Crippen molar-refractivity contribution in [3.8, 4) is 0 Å². The van der Waals surface area contributed by atoms with Crippen molar-refractivity contribution in [1.29, 1.82) is 0 Å². The summed E-state index contributed by atoms with van der Waals surface area (Å²) < 4.78 is 28.4. The molecule has 2 atom stereocenters. The highest BCUT2D eigenvalue weighted by Gasteiger charge is 2.38. The number of nitrogens with zero attached hydrogens (tertiary/aromatic N) is 3. The molecule has 1 aromatic rings. The first-order valence-electron chi connectivity index (χ1n) is 6.72. The Morgan fingerprint density at radius 1 is 1.53 bits per heavy atom. The van der Waals surface area contributed by atoms with E-state index in [9.17, 15) is 8.42 Å². The number of aromatic nitrogens is 2. The molecular weight excluding hydrogens is 264 g/mol. The van der Waals surface area contributed by atoms with E-state index in [2.05, 4.69) is 5.10 Å². The van der Waals surface area contributed by atoms with Crippen LogP contribution in [0.25, 0.3) is 0 Å². The Balaban J connectivity index is 2.34. The van der Waals surface area contributed by atoms with E-state index < -0.39 is 10.0 Å². The number of hydrogen-bond donors (Lipinski definition) is 1. The van der Waals surface area contributed by atoms with Crippen molar-refractivity contribution >= 4 is 10.0 Å². The highest BCUT2D eigenvalue weighted by Crippen LogP contribution is 2.32. The van der Waals surface area contributed by atoms with E-state index in [1.165, 1.54) is 10.9 Å². The van der Waals surface area contributed by atoms with Crippen LogP contribution in [0.2, 0.25) is 0 Å². The number of sulfonamides is 1. The van der Waals surface area contributed by atoms with Gasteiger partial charge < -0.3 is 5.73 Å². The molecule has 19 heavy (non-hydrogen) atoms. The van der Waals surface area contributed by atoms with E-state index in [-0.39, 0.29) is 17.0 Å². The lowest BCUT2D eigenvalue weighted by molar-refractivity contribution is 0.274. The summed E-state index contributed by atoms with van der Waals surface area (Å²) in [6, 6.07) is 1.57. The quantitative estimate of drug-likeness (QED) is 0.857. The predicted molar refractivity (Wildman–Crippen MR) is 73.0 cm³/mol. The zero-order valence-corrected chi connectivity index (χ0v) is 12.3. The van der Waals surface area contributed by atoms with Gasteiger partial charge in [-0.25, -0.2) is 8.42 Å². The first-order valence-corrected chi connectivity index (χ1v) is 8.16. The first kappa shape index (κ1) is 14.5. The molecular formula is C12H22N4O2S. The molecule has 0 amide bonds. The number of nitrogens with two attached hydrogens (primary N) is 1. The van der Waals surface area contributed by atoms with Crippen molar-refractivity contribution in [3.05, 3.63) is 12.3 Å². The molecule has 0 aromatic carbocycles. The third-order valence-electron chi connectivity index (χ3n) is 3.95. The Kier molecular flexibility index (Phi) is 4.27. The van der Waals surface area contributed by atoms with Gasteiger partial charge in [-0.3, -0.25) is 4.68 Å². The van der Waals surface area contributed by atoms with E-state index in [0.29, 0.717) is 13.1 Å². The van der Waals surface area contributed by atoms with Gasteiger partial charge >= 0.3 is 0 Å². The molecule has 7 heteroatoms. The molecule has 1 aromatic heterocycles. The Morgan fingerprint density at radius 3 is 2.79 bits per heavy atom. The van der Waals surface area contributed by atoms with Gasteiger partial charge in [-0.2, -0.15) is 9.40 Å². The van der Waals surface area contributed by atoms with Crippen LogP contribution in [0.15, 0.2) is 17.3 Å². The third kappa shape index (κ3) is 2.54. The van der Waals surface area contributed by atoms with E-state index in [0.717, 1.165) is 19.3 Å². The first-order chi connectivity index (χ1) is 9.02. The van der Waals surface area contributed by atoms with E-state index in [4.69, 9.17) is 5.73 Å². The zero-order valence-electron chi connectivity index (χ0n) is 11.5. The van der Waals surface area contributed by atoms with Crippen LogP contribution >= 0.6 is 0 Å². The lowest BCUT2D eigenvalue weighted by Crippen LogP contribution is -2.44. The van der Waals surface area contributed by atoms with Gasteiger partial charge in [-0.1, -0.05) is 13.3 Å². The minimum atomic E-state index is -3.49. The zero-order chi connectivity index (χ0) is 14.0. The van der Waals surface area contributed by atoms with Gasteiger partial charge in [0, 0.05) is 19.6 Å². The maximum absolute atomic E-state index is 12.7. The van der Waals surface area contributed by atoms with Gasteiger partial charge in [0.1, 0.15) is 0 Å². The molecule has 2 N–H and O–H groups in total. The fourth-order valence-corrected chi connectivity index (χ4v) is 4.82. The monoisotopic (exact) mass is 286 g/mol. The topological polar surface area (TPSA) is 81.2 Å². The van der Waals surface area contributed by atoms with Crippen molar-refractivity contribution in [1.82, 2.24) is 14.1 Å². The average Bonchev–Trinajstić information content (AvgIpc) is 2.98. The number of aryl methyl sites for hydroxylation is 1. The summed E-state index contributed by atoms with van der Waals surface area (Å²) in [5.74, 6) is 0.267. The molecule has 1 saturated carbocycles. The molecule has 1 aliphatic carbocycles. The molecule has 0 saturated heterocycles. The van der Waals surface area contributed by atoms with Crippen LogP contribution in [0, 0.1) is 5.92 Å². The maximum Gasteiger partial charge on any atom is 0.260 e. The lowest BCUT2D eigenvalue weighted by Gasteiger charge is -2.30. The maximum atomic E-state index is 12.7. The summed E-state index contributed by atoms with van der Waals surface area (Å²) in [5, 5.41) is 4.20. The van der Waals surface area contributed by atoms with Crippen LogP contribution in [0.4, 0.5) is 0 Å². The second-order valence-electron chi connectivity index (χ2n) is 5.00. The van der Waals surface area contributed by atoms with Crippen molar-refractivity contribution < 1.29 is 8.42 Å². The fourth-order valence-electron chi connectivity index (χ4n) is 2.99. The molecule has 108 valence electrons. The summed E-state index contributed by atoms with van der Waals surface area (Å²) in [7, 11) is -1.84. The minimum absolute atomic E-state index is 0.0231. The Bertz CT molecular complexity index is 526. The summed E-state index contributed by atoms with van der Waals surface area (Å²) in [6.45, 7) is 2.89. The van der Waals surface area contributed by atoms with Crippen molar-refractivity contribution in [2.24, 2.45) is 18.7 Å². The van der Waals surface area contributed by atoms with Crippen LogP contribution in [0.3, 0.4) is 0 Å². The standard InChI is InChI=1S/C12H22N4O2S/c1-3-16(11-6-4-5-10(11)9-13)19(17,18)12-7-8-14-15(12)2/h7-8,10-11H,3-6,9,13H2,1-2H3. The number of hydrogen-bond acceptors (Lipinski definition) is 4. The fraction of sp³-hybridized carbons (Fsp3) is 0.750. The summed E-state index contributed by atoms with van der Waals surface area (Å²) >= 11 is 0. The van der Waals surface area contributed by atoms with Gasteiger partial charge in [0.15, 0.2) is 5.03 Å². The van der Waals surface area contributed by atoms with Gasteiger partial charge in [-0.15, -0.1) is 0 Å². The predicted octanol–water partition coefficient (Wildman–Crippen LogP) is 0.558. The molecule has 0 aliphatic heterocycles. The van der Waals surface area contributed by atoms with Crippen LogP contribution < -0.4 is 5.73 Å². The largest absolute Gasteiger partial charge is 0.330 e. The molecule has 1 heterocycles. The normalized spacial score (nSPS) is 24.2. The molecule has 1 fully saturated rings. The van der Waals surface area contributed by atoms with E-state index >= 15 is 0 Å². The molecule has 2 rings (SSSR count). The van der Waals surface area contributed by atoms with Crippen LogP contribution in [-0.4, -0.2) is 41.6 Å². The van der Waals surface area contributed by atoms with Gasteiger partial charge in [0.2, 0.25) is 0 Å². The summed E-state index contributed by atoms with van der Waals surface area (Å²) in [5.41, 5.74) is 5.77. The Labute approximate surface area is 114 Å². The average molecular weight is 286 g/mol. The van der Waals surface area contributed by atoms with Crippen molar-refractivity contribution in [2.75, 3.05) is 13.1 Å². The second kappa shape index (κ2) is 5.60. The van der Waals surface area contributed by atoms with Gasteiger partial charge in [0.05, 0.1) is 6.20 Å². The summed E-state index contributed by atoms with van der Waals surface area (Å²) in [6.07, 6.45) is 4.46. The van der Waals surface area contributed by atoms with E-state index in [1.54, 1.807) is 17.4 Å². The number of rotatable bonds is 5. The third-order valence-corrected chi connectivity index (χ3v) is 6.03. The highest BCUT2D eigenvalue weighted by atomic mass is 32.2. The van der Waals surface area contributed by atoms with E-state index in [1.807, 2.05) is 6.92 Å².